The van der Waals surface area contributed by atoms with Gasteiger partial charge in [0.05, 0.1) is 18.8 Å². The van der Waals surface area contributed by atoms with Gasteiger partial charge >= 0.3 is 0 Å². The molecule has 0 aliphatic rings. The second kappa shape index (κ2) is 29.2. The van der Waals surface area contributed by atoms with Crippen molar-refractivity contribution >= 4 is 5.91 Å². The summed E-state index contributed by atoms with van der Waals surface area (Å²) in [6.45, 7) is 4.20. The Hall–Kier alpha value is -1.39. The fraction of sp³-hybridized carbons (Fsp3) is 0.788. The molecule has 0 fully saturated rings. The lowest BCUT2D eigenvalue weighted by molar-refractivity contribution is -0.123. The molecule has 37 heavy (non-hydrogen) atoms. The van der Waals surface area contributed by atoms with Crippen LogP contribution in [0.1, 0.15) is 149 Å². The molecule has 0 saturated heterocycles. The zero-order valence-electron chi connectivity index (χ0n) is 24.5. The fourth-order valence-electron chi connectivity index (χ4n) is 4.38. The van der Waals surface area contributed by atoms with Gasteiger partial charge in [0.25, 0.3) is 0 Å². The summed E-state index contributed by atoms with van der Waals surface area (Å²) in [5.41, 5.74) is 0. The maximum Gasteiger partial charge on any atom is 0.220 e. The molecule has 0 bridgehead atoms. The van der Waals surface area contributed by atoms with E-state index in [0.717, 1.165) is 38.5 Å². The van der Waals surface area contributed by atoms with Gasteiger partial charge in [-0.15, -0.1) is 0 Å². The number of nitrogens with one attached hydrogen (secondary N) is 1. The molecule has 0 radical (unpaired) electrons. The van der Waals surface area contributed by atoms with E-state index in [1.807, 2.05) is 6.08 Å². The zero-order valence-corrected chi connectivity index (χ0v) is 24.5. The van der Waals surface area contributed by atoms with E-state index in [2.05, 4.69) is 43.5 Å². The van der Waals surface area contributed by atoms with E-state index in [1.54, 1.807) is 6.08 Å². The third kappa shape index (κ3) is 26.0. The van der Waals surface area contributed by atoms with Gasteiger partial charge in [0.2, 0.25) is 5.91 Å². The summed E-state index contributed by atoms with van der Waals surface area (Å²) < 4.78 is 0. The van der Waals surface area contributed by atoms with Crippen molar-refractivity contribution in [3.8, 4) is 0 Å². The van der Waals surface area contributed by atoms with E-state index in [-0.39, 0.29) is 12.5 Å². The number of carbonyl (C=O) groups is 1. The molecule has 2 unspecified atom stereocenters. The van der Waals surface area contributed by atoms with Crippen LogP contribution in [0.4, 0.5) is 0 Å². The van der Waals surface area contributed by atoms with E-state index in [9.17, 15) is 15.0 Å². The van der Waals surface area contributed by atoms with E-state index < -0.39 is 12.1 Å². The Morgan fingerprint density at radius 1 is 0.622 bits per heavy atom. The normalized spacial score (nSPS) is 13.7. The first kappa shape index (κ1) is 35.6. The Kier molecular flexibility index (Phi) is 28.1. The van der Waals surface area contributed by atoms with E-state index >= 15 is 0 Å². The van der Waals surface area contributed by atoms with Crippen LogP contribution < -0.4 is 5.32 Å². The molecule has 3 N–H and O–H groups in total. The first-order valence-corrected chi connectivity index (χ1v) is 15.7. The van der Waals surface area contributed by atoms with Gasteiger partial charge in [-0.2, -0.15) is 0 Å². The first-order valence-electron chi connectivity index (χ1n) is 15.7. The third-order valence-corrected chi connectivity index (χ3v) is 6.85. The Balaban J connectivity index is 3.71. The minimum Gasteiger partial charge on any atom is -0.394 e. The summed E-state index contributed by atoms with van der Waals surface area (Å²) >= 11 is 0. The van der Waals surface area contributed by atoms with Crippen molar-refractivity contribution in [3.63, 3.8) is 0 Å². The lowest BCUT2D eigenvalue weighted by atomic mass is 10.1. The van der Waals surface area contributed by atoms with Crippen LogP contribution >= 0.6 is 0 Å². The SMILES string of the molecule is CCCCCCCCCCC/C=C/CC/C=C/CC/C=C/C(O)C(CO)NC(=O)CCCCCCCC. The molecule has 0 aliphatic carbocycles. The Morgan fingerprint density at radius 3 is 1.57 bits per heavy atom. The van der Waals surface area contributed by atoms with Gasteiger partial charge in [0.15, 0.2) is 0 Å². The van der Waals surface area contributed by atoms with Crippen molar-refractivity contribution in [1.82, 2.24) is 5.32 Å². The number of rotatable bonds is 27. The monoisotopic (exact) mass is 519 g/mol. The molecule has 0 aromatic heterocycles. The highest BCUT2D eigenvalue weighted by atomic mass is 16.3. The molecule has 2 atom stereocenters. The molecule has 0 saturated carbocycles. The minimum absolute atomic E-state index is 0.0906. The summed E-state index contributed by atoms with van der Waals surface area (Å²) in [6, 6.07) is -0.637. The molecule has 1 amide bonds. The maximum absolute atomic E-state index is 12.1. The first-order chi connectivity index (χ1) is 18.2. The second-order valence-electron chi connectivity index (χ2n) is 10.5. The highest BCUT2D eigenvalue weighted by Gasteiger charge is 2.17. The molecule has 0 spiro atoms. The highest BCUT2D eigenvalue weighted by Crippen LogP contribution is 2.11. The van der Waals surface area contributed by atoms with Crippen LogP contribution in [0.25, 0.3) is 0 Å². The van der Waals surface area contributed by atoms with Gasteiger partial charge in [-0.1, -0.05) is 134 Å². The molecular weight excluding hydrogens is 458 g/mol. The molecule has 0 aromatic carbocycles. The average molecular weight is 520 g/mol. The van der Waals surface area contributed by atoms with Gasteiger partial charge < -0.3 is 15.5 Å². The maximum atomic E-state index is 12.1. The molecule has 216 valence electrons. The number of amides is 1. The zero-order chi connectivity index (χ0) is 27.2. The molecule has 0 rings (SSSR count). The summed E-state index contributed by atoms with van der Waals surface area (Å²) in [4.78, 5) is 12.1. The largest absolute Gasteiger partial charge is 0.394 e. The van der Waals surface area contributed by atoms with Crippen molar-refractivity contribution in [2.75, 3.05) is 6.61 Å². The summed E-state index contributed by atoms with van der Waals surface area (Å²) in [5.74, 6) is -0.0906. The van der Waals surface area contributed by atoms with E-state index in [0.29, 0.717) is 6.42 Å². The van der Waals surface area contributed by atoms with E-state index in [4.69, 9.17) is 0 Å². The van der Waals surface area contributed by atoms with Gasteiger partial charge in [-0.3, -0.25) is 4.79 Å². The van der Waals surface area contributed by atoms with Crippen molar-refractivity contribution in [3.05, 3.63) is 36.5 Å². The number of carbonyl (C=O) groups excluding carboxylic acids is 1. The minimum atomic E-state index is -0.863. The molecule has 0 aliphatic heterocycles. The number of aliphatic hydroxyl groups is 2. The number of unbranched alkanes of at least 4 members (excludes halogenated alkanes) is 16. The standard InChI is InChI=1S/C33H61NO3/c1-3-5-7-9-11-12-13-14-15-16-17-18-19-20-21-22-23-24-26-28-32(36)31(30-35)34-33(37)29-27-25-10-8-6-4-2/h17-18,21-22,26,28,31-32,35-36H,3-16,19-20,23-25,27,29-30H2,1-2H3,(H,34,37)/b18-17+,22-21+,28-26+. The van der Waals surface area contributed by atoms with Crippen LogP contribution in [0.2, 0.25) is 0 Å². The van der Waals surface area contributed by atoms with Crippen LogP contribution in [0.15, 0.2) is 36.5 Å². The van der Waals surface area contributed by atoms with Crippen LogP contribution in [-0.4, -0.2) is 34.9 Å². The number of allylic oxidation sites excluding steroid dienone is 5. The van der Waals surface area contributed by atoms with Crippen LogP contribution in [0, 0.1) is 0 Å². The van der Waals surface area contributed by atoms with E-state index in [1.165, 1.54) is 89.9 Å². The number of hydrogen-bond acceptors (Lipinski definition) is 3. The summed E-state index contributed by atoms with van der Waals surface area (Å²) in [5, 5.41) is 22.6. The van der Waals surface area contributed by atoms with Crippen molar-refractivity contribution < 1.29 is 15.0 Å². The van der Waals surface area contributed by atoms with Gasteiger partial charge in [-0.25, -0.2) is 0 Å². The summed E-state index contributed by atoms with van der Waals surface area (Å²) in [7, 11) is 0. The van der Waals surface area contributed by atoms with Crippen LogP contribution in [0.3, 0.4) is 0 Å². The Morgan fingerprint density at radius 2 is 1.05 bits per heavy atom. The van der Waals surface area contributed by atoms with Crippen molar-refractivity contribution in [1.29, 1.82) is 0 Å². The lowest BCUT2D eigenvalue weighted by Crippen LogP contribution is -2.45. The van der Waals surface area contributed by atoms with Gasteiger partial charge in [0, 0.05) is 6.42 Å². The lowest BCUT2D eigenvalue weighted by Gasteiger charge is -2.19. The molecular formula is C33H61NO3. The van der Waals surface area contributed by atoms with Gasteiger partial charge in [-0.05, 0) is 44.9 Å². The second-order valence-corrected chi connectivity index (χ2v) is 10.5. The Bertz CT molecular complexity index is 570. The van der Waals surface area contributed by atoms with Crippen LogP contribution in [0.5, 0.6) is 0 Å². The molecule has 4 nitrogen and oxygen atoms in total. The van der Waals surface area contributed by atoms with Crippen molar-refractivity contribution in [2.24, 2.45) is 0 Å². The van der Waals surface area contributed by atoms with Crippen LogP contribution in [-0.2, 0) is 4.79 Å². The number of hydrogen-bond donors (Lipinski definition) is 3. The highest BCUT2D eigenvalue weighted by molar-refractivity contribution is 5.76. The number of aliphatic hydroxyl groups excluding tert-OH is 2. The fourth-order valence-corrected chi connectivity index (χ4v) is 4.38. The molecule has 0 aromatic rings. The predicted molar refractivity (Wildman–Crippen MR) is 161 cm³/mol. The Labute approximate surface area is 230 Å². The third-order valence-electron chi connectivity index (χ3n) is 6.85. The predicted octanol–water partition coefficient (Wildman–Crippen LogP) is 8.72. The average Bonchev–Trinajstić information content (AvgIpc) is 2.90. The molecule has 0 heterocycles. The quantitative estimate of drug-likeness (QED) is 0.0750. The molecule has 4 heteroatoms. The van der Waals surface area contributed by atoms with Crippen molar-refractivity contribution in [2.45, 2.75) is 161 Å². The smallest absolute Gasteiger partial charge is 0.220 e. The van der Waals surface area contributed by atoms with Gasteiger partial charge in [0.1, 0.15) is 0 Å². The summed E-state index contributed by atoms with van der Waals surface area (Å²) in [6.07, 6.45) is 36.7. The topological polar surface area (TPSA) is 69.6 Å².